The van der Waals surface area contributed by atoms with Crippen molar-refractivity contribution in [3.8, 4) is 22.6 Å². The Hall–Kier alpha value is -2.67. The minimum atomic E-state index is -0.495. The molecule has 1 saturated heterocycles. The van der Waals surface area contributed by atoms with E-state index >= 15 is 0 Å². The molecule has 26 heavy (non-hydrogen) atoms. The number of nitrogens with zero attached hydrogens (tertiary/aromatic N) is 3. The van der Waals surface area contributed by atoms with Gasteiger partial charge in [0, 0.05) is 29.0 Å². The minimum absolute atomic E-state index is 0.318. The summed E-state index contributed by atoms with van der Waals surface area (Å²) < 4.78 is 15.6. The van der Waals surface area contributed by atoms with E-state index in [1.54, 1.807) is 17.8 Å². The second-order valence-electron chi connectivity index (χ2n) is 6.52. The van der Waals surface area contributed by atoms with Gasteiger partial charge in [-0.05, 0) is 24.0 Å². The van der Waals surface area contributed by atoms with Crippen molar-refractivity contribution in [3.05, 3.63) is 64.7 Å². The molecule has 0 radical (unpaired) electrons. The van der Waals surface area contributed by atoms with Gasteiger partial charge in [0.25, 0.3) is 5.56 Å². The number of anilines is 1. The van der Waals surface area contributed by atoms with Gasteiger partial charge in [-0.3, -0.25) is 4.79 Å². The monoisotopic (exact) mass is 366 g/mol. The van der Waals surface area contributed by atoms with Gasteiger partial charge in [0.2, 0.25) is 0 Å². The lowest BCUT2D eigenvalue weighted by molar-refractivity contribution is 0.332. The Morgan fingerprint density at radius 1 is 1.19 bits per heavy atom. The smallest absolute Gasteiger partial charge is 0.300 e. The molecule has 130 valence electrons. The SMILES string of the molecule is O=c1nc2n(nc1-c1ccccc1)[C@]1(CCSC1)Nc1cc(F)ccc1-2. The molecule has 1 fully saturated rings. The van der Waals surface area contributed by atoms with E-state index < -0.39 is 5.66 Å². The lowest BCUT2D eigenvalue weighted by Crippen LogP contribution is -2.47. The topological polar surface area (TPSA) is 59.8 Å². The molecule has 3 heterocycles. The first-order valence-electron chi connectivity index (χ1n) is 8.39. The third-order valence-electron chi connectivity index (χ3n) is 4.85. The largest absolute Gasteiger partial charge is 0.360 e. The first-order chi connectivity index (χ1) is 12.7. The molecule has 0 aliphatic carbocycles. The second kappa shape index (κ2) is 5.67. The highest BCUT2D eigenvalue weighted by Gasteiger charge is 2.43. The molecule has 3 aromatic rings. The van der Waals surface area contributed by atoms with Gasteiger partial charge in [0.05, 0.1) is 0 Å². The first kappa shape index (κ1) is 15.6. The highest BCUT2D eigenvalue weighted by atomic mass is 32.2. The average molecular weight is 366 g/mol. The standard InChI is InChI=1S/C19H15FN4OS/c20-13-6-7-14-15(10-13)22-19(8-9-26-11-19)24-17(14)21-18(25)16(23-24)12-4-2-1-3-5-12/h1-7,10,22H,8-9,11H2/t19-/m0/s1. The van der Waals surface area contributed by atoms with Crippen LogP contribution in [0.5, 0.6) is 0 Å². The average Bonchev–Trinajstić information content (AvgIpc) is 3.11. The molecule has 1 atom stereocenters. The number of hydrogen-bond acceptors (Lipinski definition) is 5. The van der Waals surface area contributed by atoms with Crippen LogP contribution >= 0.6 is 11.8 Å². The molecule has 1 spiro atoms. The highest BCUT2D eigenvalue weighted by molar-refractivity contribution is 7.99. The molecule has 0 unspecified atom stereocenters. The normalized spacial score (nSPS) is 20.5. The molecule has 0 amide bonds. The Labute approximate surface area is 153 Å². The van der Waals surface area contributed by atoms with Crippen molar-refractivity contribution in [2.45, 2.75) is 12.1 Å². The van der Waals surface area contributed by atoms with Gasteiger partial charge in [0.15, 0.2) is 11.5 Å². The summed E-state index contributed by atoms with van der Waals surface area (Å²) in [6.07, 6.45) is 0.826. The van der Waals surface area contributed by atoms with E-state index in [1.807, 2.05) is 35.0 Å². The van der Waals surface area contributed by atoms with Crippen molar-refractivity contribution in [2.24, 2.45) is 0 Å². The Kier molecular flexibility index (Phi) is 3.40. The zero-order valence-electron chi connectivity index (χ0n) is 13.8. The summed E-state index contributed by atoms with van der Waals surface area (Å²) in [5.41, 5.74) is 1.56. The predicted octanol–water partition coefficient (Wildman–Crippen LogP) is 3.33. The molecule has 2 aliphatic rings. The number of nitrogens with one attached hydrogen (secondary N) is 1. The first-order valence-corrected chi connectivity index (χ1v) is 9.55. The molecular weight excluding hydrogens is 351 g/mol. The molecule has 5 rings (SSSR count). The Morgan fingerprint density at radius 3 is 2.81 bits per heavy atom. The number of benzene rings is 2. The quantitative estimate of drug-likeness (QED) is 0.716. The van der Waals surface area contributed by atoms with Crippen molar-refractivity contribution in [1.82, 2.24) is 14.8 Å². The maximum atomic E-state index is 13.8. The van der Waals surface area contributed by atoms with Crippen LogP contribution in [0.25, 0.3) is 22.6 Å². The van der Waals surface area contributed by atoms with Gasteiger partial charge in [0.1, 0.15) is 11.5 Å². The van der Waals surface area contributed by atoms with E-state index in [1.165, 1.54) is 12.1 Å². The fourth-order valence-corrected chi connectivity index (χ4v) is 4.88. The molecule has 1 aromatic heterocycles. The minimum Gasteiger partial charge on any atom is -0.360 e. The molecule has 7 heteroatoms. The number of aromatic nitrogens is 3. The van der Waals surface area contributed by atoms with Crippen molar-refractivity contribution >= 4 is 17.4 Å². The highest BCUT2D eigenvalue weighted by Crippen LogP contribution is 2.43. The maximum Gasteiger partial charge on any atom is 0.300 e. The van der Waals surface area contributed by atoms with Gasteiger partial charge >= 0.3 is 0 Å². The molecule has 5 nitrogen and oxygen atoms in total. The fraction of sp³-hybridized carbons (Fsp3) is 0.211. The van der Waals surface area contributed by atoms with Crippen LogP contribution < -0.4 is 10.9 Å². The molecule has 1 N–H and O–H groups in total. The van der Waals surface area contributed by atoms with Crippen molar-refractivity contribution < 1.29 is 4.39 Å². The third kappa shape index (κ3) is 2.27. The number of thioether (sulfide) groups is 1. The van der Waals surface area contributed by atoms with Crippen LogP contribution in [-0.4, -0.2) is 26.3 Å². The van der Waals surface area contributed by atoms with E-state index in [-0.39, 0.29) is 11.4 Å². The van der Waals surface area contributed by atoms with E-state index in [2.05, 4.69) is 10.3 Å². The lowest BCUT2D eigenvalue weighted by atomic mass is 10.0. The van der Waals surface area contributed by atoms with Crippen LogP contribution in [0.1, 0.15) is 6.42 Å². The Balaban J connectivity index is 1.79. The van der Waals surface area contributed by atoms with Crippen LogP contribution in [0.2, 0.25) is 0 Å². The molecule has 0 bridgehead atoms. The number of halogens is 1. The summed E-state index contributed by atoms with van der Waals surface area (Å²) >= 11 is 1.80. The van der Waals surface area contributed by atoms with Crippen molar-refractivity contribution in [2.75, 3.05) is 16.8 Å². The van der Waals surface area contributed by atoms with Crippen LogP contribution in [0, 0.1) is 5.82 Å². The summed E-state index contributed by atoms with van der Waals surface area (Å²) in [4.78, 5) is 17.0. The summed E-state index contributed by atoms with van der Waals surface area (Å²) in [5, 5.41) is 8.18. The second-order valence-corrected chi connectivity index (χ2v) is 7.62. The fourth-order valence-electron chi connectivity index (χ4n) is 3.57. The molecular formula is C19H15FN4OS. The maximum absolute atomic E-state index is 13.8. The summed E-state index contributed by atoms with van der Waals surface area (Å²) in [7, 11) is 0. The van der Waals surface area contributed by atoms with E-state index in [9.17, 15) is 9.18 Å². The summed E-state index contributed by atoms with van der Waals surface area (Å²) in [6, 6.07) is 13.8. The van der Waals surface area contributed by atoms with Gasteiger partial charge in [-0.25, -0.2) is 9.07 Å². The summed E-state index contributed by atoms with van der Waals surface area (Å²) in [5.74, 6) is 1.92. The Bertz CT molecular complexity index is 1060. The zero-order valence-corrected chi connectivity index (χ0v) is 14.6. The van der Waals surface area contributed by atoms with Crippen LogP contribution in [-0.2, 0) is 5.66 Å². The lowest BCUT2D eigenvalue weighted by Gasteiger charge is -2.38. The number of rotatable bonds is 1. The van der Waals surface area contributed by atoms with Crippen molar-refractivity contribution in [1.29, 1.82) is 0 Å². The number of fused-ring (bicyclic) bond motifs is 4. The summed E-state index contributed by atoms with van der Waals surface area (Å²) in [6.45, 7) is 0. The van der Waals surface area contributed by atoms with Crippen LogP contribution in [0.4, 0.5) is 10.1 Å². The predicted molar refractivity (Wildman–Crippen MR) is 101 cm³/mol. The molecule has 0 saturated carbocycles. The van der Waals surface area contributed by atoms with Gasteiger partial charge < -0.3 is 5.32 Å². The molecule has 2 aliphatic heterocycles. The van der Waals surface area contributed by atoms with Crippen LogP contribution in [0.15, 0.2) is 53.3 Å². The van der Waals surface area contributed by atoms with Gasteiger partial charge in [-0.1, -0.05) is 30.3 Å². The van der Waals surface area contributed by atoms with E-state index in [0.29, 0.717) is 22.8 Å². The molecule has 2 aromatic carbocycles. The Morgan fingerprint density at radius 2 is 2.04 bits per heavy atom. The zero-order chi connectivity index (χ0) is 17.7. The van der Waals surface area contributed by atoms with Gasteiger partial charge in [-0.2, -0.15) is 21.8 Å². The van der Waals surface area contributed by atoms with E-state index in [0.717, 1.165) is 23.5 Å². The van der Waals surface area contributed by atoms with E-state index in [4.69, 9.17) is 5.10 Å². The van der Waals surface area contributed by atoms with Crippen LogP contribution in [0.3, 0.4) is 0 Å². The number of hydrogen-bond donors (Lipinski definition) is 1. The van der Waals surface area contributed by atoms with Gasteiger partial charge in [-0.15, -0.1) is 0 Å². The van der Waals surface area contributed by atoms with Crippen molar-refractivity contribution in [3.63, 3.8) is 0 Å². The third-order valence-corrected chi connectivity index (χ3v) is 6.03.